The van der Waals surface area contributed by atoms with Crippen LogP contribution in [0.1, 0.15) is 36.9 Å². The van der Waals surface area contributed by atoms with Gasteiger partial charge in [0.2, 0.25) is 0 Å². The Balaban J connectivity index is 1.54. The van der Waals surface area contributed by atoms with Gasteiger partial charge in [-0.05, 0) is 58.5 Å². The summed E-state index contributed by atoms with van der Waals surface area (Å²) >= 11 is 1.72. The van der Waals surface area contributed by atoms with E-state index in [0.717, 1.165) is 25.3 Å². The van der Waals surface area contributed by atoms with Gasteiger partial charge < -0.3 is 9.64 Å². The van der Waals surface area contributed by atoms with Gasteiger partial charge in [-0.15, -0.1) is 0 Å². The van der Waals surface area contributed by atoms with Crippen molar-refractivity contribution in [2.24, 2.45) is 0 Å². The van der Waals surface area contributed by atoms with Crippen LogP contribution in [0.2, 0.25) is 0 Å². The summed E-state index contributed by atoms with van der Waals surface area (Å²) in [4.78, 5) is 22.3. The number of aromatic nitrogens is 2. The summed E-state index contributed by atoms with van der Waals surface area (Å²) in [5, 5.41) is 4.30. The van der Waals surface area contributed by atoms with Gasteiger partial charge in [-0.1, -0.05) is 18.2 Å². The van der Waals surface area contributed by atoms with Crippen molar-refractivity contribution in [3.63, 3.8) is 0 Å². The lowest BCUT2D eigenvalue weighted by atomic mass is 9.95. The van der Waals surface area contributed by atoms with Gasteiger partial charge in [0.25, 0.3) is 0 Å². The number of nitrogens with zero attached hydrogens (tertiary/aromatic N) is 3. The first-order valence-electron chi connectivity index (χ1n) is 8.99. The van der Waals surface area contributed by atoms with Crippen LogP contribution in [0.15, 0.2) is 47.3 Å². The lowest BCUT2D eigenvalue weighted by Gasteiger charge is -2.30. The molecular formula is C21H21N3O2S. The molecule has 138 valence electrons. The fraction of sp³-hybridized carbons (Fsp3) is 0.286. The fourth-order valence-corrected chi connectivity index (χ4v) is 4.06. The second-order valence-corrected chi connectivity index (χ2v) is 7.47. The van der Waals surface area contributed by atoms with Crippen LogP contribution in [-0.2, 0) is 22.5 Å². The van der Waals surface area contributed by atoms with Crippen molar-refractivity contribution in [2.75, 3.05) is 11.4 Å². The van der Waals surface area contributed by atoms with E-state index in [1.807, 2.05) is 6.07 Å². The zero-order valence-electron chi connectivity index (χ0n) is 15.4. The quantitative estimate of drug-likeness (QED) is 0.629. The Morgan fingerprint density at radius 3 is 2.89 bits per heavy atom. The van der Waals surface area contributed by atoms with E-state index in [9.17, 15) is 4.79 Å². The molecule has 0 fully saturated rings. The monoisotopic (exact) mass is 379 g/mol. The van der Waals surface area contributed by atoms with E-state index in [1.165, 1.54) is 29.2 Å². The Labute approximate surface area is 162 Å². The van der Waals surface area contributed by atoms with Crippen LogP contribution in [0.25, 0.3) is 11.1 Å². The van der Waals surface area contributed by atoms with Gasteiger partial charge in [0.05, 0.1) is 0 Å². The highest BCUT2D eigenvalue weighted by atomic mass is 32.1. The Bertz CT molecular complexity index is 956. The molecule has 0 radical (unpaired) electrons. The molecule has 3 aromatic rings. The largest absolute Gasteiger partial charge is 0.455 e. The molecule has 1 atom stereocenters. The summed E-state index contributed by atoms with van der Waals surface area (Å²) in [6.45, 7) is 4.90. The molecule has 1 unspecified atom stereocenters. The van der Waals surface area contributed by atoms with Crippen molar-refractivity contribution in [3.8, 4) is 11.1 Å². The van der Waals surface area contributed by atoms with Crippen LogP contribution in [-0.4, -0.2) is 22.5 Å². The fourth-order valence-electron chi connectivity index (χ4n) is 3.39. The number of esters is 1. The van der Waals surface area contributed by atoms with Crippen molar-refractivity contribution < 1.29 is 9.53 Å². The number of carbonyl (C=O) groups excluding carboxylic acids is 1. The molecule has 2 aromatic heterocycles. The van der Waals surface area contributed by atoms with Crippen LogP contribution in [0.4, 0.5) is 5.82 Å². The number of benzene rings is 1. The summed E-state index contributed by atoms with van der Waals surface area (Å²) in [5.74, 6) is 1.07. The minimum Gasteiger partial charge on any atom is -0.455 e. The first-order chi connectivity index (χ1) is 13.1. The summed E-state index contributed by atoms with van der Waals surface area (Å²) in [7, 11) is 0. The summed E-state index contributed by atoms with van der Waals surface area (Å²) in [6, 6.07) is 10.8. The number of anilines is 1. The zero-order chi connectivity index (χ0) is 18.8. The highest BCUT2D eigenvalue weighted by molar-refractivity contribution is 7.08. The lowest BCUT2D eigenvalue weighted by Crippen LogP contribution is -2.31. The highest BCUT2D eigenvalue weighted by Gasteiger charge is 2.20. The van der Waals surface area contributed by atoms with Gasteiger partial charge in [-0.25, -0.2) is 9.97 Å². The van der Waals surface area contributed by atoms with Crippen LogP contribution >= 0.6 is 11.3 Å². The minimum absolute atomic E-state index is 0.329. The molecule has 0 N–H and O–H groups in total. The number of hydrogen-bond acceptors (Lipinski definition) is 6. The molecule has 3 heterocycles. The molecule has 1 aromatic carbocycles. The van der Waals surface area contributed by atoms with Crippen LogP contribution in [0.3, 0.4) is 0 Å². The Morgan fingerprint density at radius 1 is 1.22 bits per heavy atom. The molecule has 0 saturated carbocycles. The third kappa shape index (κ3) is 3.85. The number of hydrogen-bond donors (Lipinski definition) is 0. The van der Waals surface area contributed by atoms with Crippen molar-refractivity contribution >= 4 is 23.1 Å². The maximum absolute atomic E-state index is 11.2. The number of thiophene rings is 1. The van der Waals surface area contributed by atoms with Crippen molar-refractivity contribution in [3.05, 3.63) is 64.2 Å². The number of ether oxygens (including phenoxy) is 1. The molecular weight excluding hydrogens is 358 g/mol. The zero-order valence-corrected chi connectivity index (χ0v) is 16.2. The predicted molar refractivity (Wildman–Crippen MR) is 107 cm³/mol. The number of carbonyl (C=O) groups is 1. The molecule has 0 bridgehead atoms. The predicted octanol–water partition coefficient (Wildman–Crippen LogP) is 4.39. The number of fused-ring (bicyclic) bond motifs is 1. The van der Waals surface area contributed by atoms with E-state index in [0.29, 0.717) is 5.82 Å². The molecule has 0 spiro atoms. The lowest BCUT2D eigenvalue weighted by molar-refractivity contribution is -0.146. The summed E-state index contributed by atoms with van der Waals surface area (Å²) in [5.41, 5.74) is 5.29. The van der Waals surface area contributed by atoms with Gasteiger partial charge in [-0.2, -0.15) is 11.3 Å². The van der Waals surface area contributed by atoms with Crippen molar-refractivity contribution in [2.45, 2.75) is 32.9 Å². The average Bonchev–Trinajstić information content (AvgIpc) is 3.21. The molecule has 1 aliphatic heterocycles. The molecule has 0 amide bonds. The smallest absolute Gasteiger partial charge is 0.303 e. The second kappa shape index (κ2) is 7.48. The van der Waals surface area contributed by atoms with Crippen LogP contribution in [0.5, 0.6) is 0 Å². The second-order valence-electron chi connectivity index (χ2n) is 6.69. The molecule has 27 heavy (non-hydrogen) atoms. The van der Waals surface area contributed by atoms with Gasteiger partial charge in [-0.3, -0.25) is 4.79 Å². The average molecular weight is 379 g/mol. The molecule has 0 aliphatic carbocycles. The van der Waals surface area contributed by atoms with E-state index < -0.39 is 6.10 Å². The van der Waals surface area contributed by atoms with E-state index >= 15 is 0 Å². The van der Waals surface area contributed by atoms with Crippen LogP contribution < -0.4 is 4.90 Å². The van der Waals surface area contributed by atoms with E-state index in [4.69, 9.17) is 4.74 Å². The third-order valence-corrected chi connectivity index (χ3v) is 5.45. The Hall–Kier alpha value is -2.73. The third-order valence-electron chi connectivity index (χ3n) is 4.76. The maximum Gasteiger partial charge on any atom is 0.303 e. The molecule has 4 rings (SSSR count). The first-order valence-corrected chi connectivity index (χ1v) is 9.94. The Kier molecular flexibility index (Phi) is 4.90. The maximum atomic E-state index is 11.2. The van der Waals surface area contributed by atoms with Crippen LogP contribution in [0, 0.1) is 0 Å². The standard InChI is InChI=1S/C21H21N3O2S/c1-14(26-15(2)25)21-22-8-5-20(23-21)24-9-6-17-11-16(3-4-18(17)12-24)19-7-10-27-13-19/h3-5,7-8,10-11,13-14H,6,9,12H2,1-2H3. The topological polar surface area (TPSA) is 55.3 Å². The van der Waals surface area contributed by atoms with Crippen molar-refractivity contribution in [1.29, 1.82) is 0 Å². The summed E-state index contributed by atoms with van der Waals surface area (Å²) < 4.78 is 5.20. The number of rotatable bonds is 4. The van der Waals surface area contributed by atoms with Gasteiger partial charge in [0.15, 0.2) is 11.9 Å². The van der Waals surface area contributed by atoms with E-state index in [2.05, 4.69) is 49.9 Å². The molecule has 0 saturated heterocycles. The normalized spacial score (nSPS) is 14.5. The van der Waals surface area contributed by atoms with E-state index in [1.54, 1.807) is 24.5 Å². The van der Waals surface area contributed by atoms with E-state index in [-0.39, 0.29) is 5.97 Å². The van der Waals surface area contributed by atoms with Gasteiger partial charge >= 0.3 is 5.97 Å². The Morgan fingerprint density at radius 2 is 2.11 bits per heavy atom. The van der Waals surface area contributed by atoms with Gasteiger partial charge in [0.1, 0.15) is 5.82 Å². The molecule has 6 heteroatoms. The van der Waals surface area contributed by atoms with Gasteiger partial charge in [0, 0.05) is 26.2 Å². The first kappa shape index (κ1) is 17.7. The highest BCUT2D eigenvalue weighted by Crippen LogP contribution is 2.29. The molecule has 5 nitrogen and oxygen atoms in total. The minimum atomic E-state index is -0.451. The van der Waals surface area contributed by atoms with Crippen molar-refractivity contribution in [1.82, 2.24) is 9.97 Å². The SMILES string of the molecule is CC(=O)OC(C)c1nccc(N2CCc3cc(-c4ccsc4)ccc3C2)n1. The molecule has 1 aliphatic rings. The summed E-state index contributed by atoms with van der Waals surface area (Å²) in [6.07, 6.45) is 2.26.